The van der Waals surface area contributed by atoms with Gasteiger partial charge in [0.1, 0.15) is 0 Å². The van der Waals surface area contributed by atoms with Crippen LogP contribution in [0.4, 0.5) is 0 Å². The Balaban J connectivity index is 1.19. The highest BCUT2D eigenvalue weighted by Crippen LogP contribution is 2.52. The van der Waals surface area contributed by atoms with Crippen LogP contribution in [0.5, 0.6) is 0 Å². The highest BCUT2D eigenvalue weighted by Gasteiger charge is 2.36. The third kappa shape index (κ3) is 6.32. The fourth-order valence-corrected chi connectivity index (χ4v) is 8.57. The first-order valence-electron chi connectivity index (χ1n) is 19.3. The van der Waals surface area contributed by atoms with Crippen molar-refractivity contribution in [1.29, 1.82) is 0 Å². The maximum atomic E-state index is 4.72. The van der Waals surface area contributed by atoms with E-state index in [1.807, 2.05) is 24.5 Å². The number of pyridine rings is 2. The van der Waals surface area contributed by atoms with Crippen molar-refractivity contribution in [3.05, 3.63) is 252 Å². The van der Waals surface area contributed by atoms with Gasteiger partial charge >= 0.3 is 0 Å². The Hall–Kier alpha value is -7.16. The molecular formula is C54H38N2. The van der Waals surface area contributed by atoms with E-state index in [2.05, 4.69) is 194 Å². The number of nitrogens with zero attached hydrogens (tertiary/aromatic N) is 2. The van der Waals surface area contributed by atoms with Gasteiger partial charge in [0.15, 0.2) is 0 Å². The first kappa shape index (κ1) is 33.4. The highest BCUT2D eigenvalue weighted by atomic mass is 14.7. The third-order valence-electron chi connectivity index (χ3n) is 11.2. The van der Waals surface area contributed by atoms with Gasteiger partial charge in [-0.2, -0.15) is 0 Å². The van der Waals surface area contributed by atoms with Crippen LogP contribution in [-0.4, -0.2) is 9.97 Å². The molecule has 0 radical (unpaired) electrons. The van der Waals surface area contributed by atoms with Crippen LogP contribution in [0.3, 0.4) is 0 Å². The lowest BCUT2D eigenvalue weighted by Gasteiger charge is -2.38. The number of benzene rings is 6. The average Bonchev–Trinajstić information content (AvgIpc) is 3.29. The normalized spacial score (nSPS) is 15.8. The summed E-state index contributed by atoms with van der Waals surface area (Å²) < 4.78 is 0. The fraction of sp³-hybridized carbons (Fsp3) is 0.0370. The van der Waals surface area contributed by atoms with Crippen LogP contribution in [0.15, 0.2) is 224 Å². The molecule has 2 aliphatic carbocycles. The molecule has 0 saturated heterocycles. The lowest BCUT2D eigenvalue weighted by atomic mass is 9.65. The average molecular weight is 715 g/mol. The van der Waals surface area contributed by atoms with Crippen molar-refractivity contribution in [3.63, 3.8) is 0 Å². The van der Waals surface area contributed by atoms with Crippen molar-refractivity contribution in [2.24, 2.45) is 5.92 Å². The Morgan fingerprint density at radius 1 is 0.393 bits per heavy atom. The smallest absolute Gasteiger partial charge is 0.0702 e. The predicted molar refractivity (Wildman–Crippen MR) is 232 cm³/mol. The van der Waals surface area contributed by atoms with Crippen LogP contribution in [0, 0.1) is 5.92 Å². The molecule has 2 unspecified atom stereocenters. The second-order valence-corrected chi connectivity index (χ2v) is 14.5. The Bertz CT molecular complexity index is 2720. The Kier molecular flexibility index (Phi) is 8.70. The minimum absolute atomic E-state index is 0.104. The number of aromatic nitrogens is 2. The summed E-state index contributed by atoms with van der Waals surface area (Å²) in [5, 5.41) is 0. The van der Waals surface area contributed by atoms with Crippen LogP contribution < -0.4 is 0 Å². The van der Waals surface area contributed by atoms with Gasteiger partial charge in [0.05, 0.1) is 11.4 Å². The SMILES string of the molecule is C1=CC2C(=C(c3cccc(-c4ccccn4)c3)c3ccccc3C2c2cccc(-c3ccccn3)c2)C=C1c1cc(-c2ccccc2)cc(-c2ccccc2)c1. The maximum Gasteiger partial charge on any atom is 0.0702 e. The summed E-state index contributed by atoms with van der Waals surface area (Å²) in [5.41, 5.74) is 19.0. The van der Waals surface area contributed by atoms with Crippen molar-refractivity contribution in [3.8, 4) is 44.8 Å². The molecule has 0 amide bonds. The minimum atomic E-state index is 0.104. The zero-order valence-corrected chi connectivity index (χ0v) is 30.8. The summed E-state index contributed by atoms with van der Waals surface area (Å²) in [6, 6.07) is 67.6. The number of rotatable bonds is 7. The monoisotopic (exact) mass is 714 g/mol. The van der Waals surface area contributed by atoms with E-state index >= 15 is 0 Å². The van der Waals surface area contributed by atoms with Gasteiger partial charge in [-0.05, 0) is 127 Å². The topological polar surface area (TPSA) is 25.8 Å². The summed E-state index contributed by atoms with van der Waals surface area (Å²) in [5.74, 6) is 0.212. The number of allylic oxidation sites excluding steroid dienone is 5. The second-order valence-electron chi connectivity index (χ2n) is 14.5. The van der Waals surface area contributed by atoms with E-state index in [1.54, 1.807) is 0 Å². The lowest BCUT2D eigenvalue weighted by molar-refractivity contribution is 0.650. The van der Waals surface area contributed by atoms with Crippen molar-refractivity contribution < 1.29 is 0 Å². The van der Waals surface area contributed by atoms with Gasteiger partial charge in [-0.25, -0.2) is 0 Å². The maximum absolute atomic E-state index is 4.72. The standard InChI is InChI=1S/C54H38N2/c1-3-15-37(16-4-1)44-33-45(38-17-5-2-6-18-38)35-46(34-44)39-27-28-49-50(36-39)54(43-22-14-20-41(32-43)52-26-10-12-30-56-52)48-24-8-7-23-47(48)53(49)42-21-13-19-40(31-42)51-25-9-11-29-55-51/h1-36,49,53H. The molecule has 0 aliphatic heterocycles. The van der Waals surface area contributed by atoms with E-state index in [1.165, 1.54) is 66.8 Å². The van der Waals surface area contributed by atoms with Crippen LogP contribution in [0.25, 0.3) is 55.9 Å². The minimum Gasteiger partial charge on any atom is -0.256 e. The van der Waals surface area contributed by atoms with Gasteiger partial charge in [-0.15, -0.1) is 0 Å². The van der Waals surface area contributed by atoms with E-state index in [0.717, 1.165) is 22.5 Å². The first-order chi connectivity index (χ1) is 27.8. The van der Waals surface area contributed by atoms with Crippen molar-refractivity contribution in [1.82, 2.24) is 9.97 Å². The second kappa shape index (κ2) is 14.6. The van der Waals surface area contributed by atoms with Gasteiger partial charge in [-0.1, -0.05) is 146 Å². The molecule has 6 aromatic carbocycles. The van der Waals surface area contributed by atoms with Gasteiger partial charge < -0.3 is 0 Å². The van der Waals surface area contributed by atoms with E-state index in [9.17, 15) is 0 Å². The summed E-state index contributed by atoms with van der Waals surface area (Å²) in [6.45, 7) is 0. The highest BCUT2D eigenvalue weighted by molar-refractivity contribution is 5.94. The summed E-state index contributed by atoms with van der Waals surface area (Å²) in [4.78, 5) is 9.43. The van der Waals surface area contributed by atoms with Crippen molar-refractivity contribution in [2.45, 2.75) is 5.92 Å². The summed E-state index contributed by atoms with van der Waals surface area (Å²) in [6.07, 6.45) is 11.0. The summed E-state index contributed by atoms with van der Waals surface area (Å²) >= 11 is 0. The molecule has 56 heavy (non-hydrogen) atoms. The van der Waals surface area contributed by atoms with Gasteiger partial charge in [0.25, 0.3) is 0 Å². The number of hydrogen-bond acceptors (Lipinski definition) is 2. The Morgan fingerprint density at radius 2 is 0.929 bits per heavy atom. The zero-order chi connectivity index (χ0) is 37.3. The third-order valence-corrected chi connectivity index (χ3v) is 11.2. The molecule has 2 atom stereocenters. The molecule has 2 nitrogen and oxygen atoms in total. The molecule has 0 bridgehead atoms. The summed E-state index contributed by atoms with van der Waals surface area (Å²) in [7, 11) is 0. The van der Waals surface area contributed by atoms with Crippen LogP contribution >= 0.6 is 0 Å². The Labute approximate surface area is 328 Å². The molecule has 0 saturated carbocycles. The van der Waals surface area contributed by atoms with Gasteiger partial charge in [-0.3, -0.25) is 9.97 Å². The largest absolute Gasteiger partial charge is 0.256 e. The molecule has 10 rings (SSSR count). The number of hydrogen-bond donors (Lipinski definition) is 0. The van der Waals surface area contributed by atoms with Crippen LogP contribution in [0.1, 0.15) is 33.7 Å². The first-order valence-corrected chi connectivity index (χ1v) is 19.3. The lowest BCUT2D eigenvalue weighted by Crippen LogP contribution is -2.23. The van der Waals surface area contributed by atoms with E-state index in [-0.39, 0.29) is 11.8 Å². The predicted octanol–water partition coefficient (Wildman–Crippen LogP) is 13.4. The van der Waals surface area contributed by atoms with E-state index in [0.29, 0.717) is 0 Å². The van der Waals surface area contributed by atoms with Crippen LogP contribution in [0.2, 0.25) is 0 Å². The molecule has 2 aromatic heterocycles. The Morgan fingerprint density at radius 3 is 1.59 bits per heavy atom. The molecule has 2 heterocycles. The molecule has 8 aromatic rings. The molecule has 2 aliphatic rings. The van der Waals surface area contributed by atoms with Crippen LogP contribution in [-0.2, 0) is 0 Å². The van der Waals surface area contributed by atoms with E-state index < -0.39 is 0 Å². The molecule has 264 valence electrons. The number of fused-ring (bicyclic) bond motifs is 2. The van der Waals surface area contributed by atoms with Gasteiger partial charge in [0, 0.05) is 35.4 Å². The molecule has 0 N–H and O–H groups in total. The molecular weight excluding hydrogens is 677 g/mol. The van der Waals surface area contributed by atoms with Crippen molar-refractivity contribution in [2.75, 3.05) is 0 Å². The zero-order valence-electron chi connectivity index (χ0n) is 30.8. The molecule has 2 heteroatoms. The molecule has 0 fully saturated rings. The quantitative estimate of drug-likeness (QED) is 0.164. The van der Waals surface area contributed by atoms with E-state index in [4.69, 9.17) is 9.97 Å². The van der Waals surface area contributed by atoms with Gasteiger partial charge in [0.2, 0.25) is 0 Å². The fourth-order valence-electron chi connectivity index (χ4n) is 8.57. The van der Waals surface area contributed by atoms with Crippen molar-refractivity contribution >= 4 is 11.1 Å². The molecule has 0 spiro atoms.